The van der Waals surface area contributed by atoms with Crippen molar-refractivity contribution in [1.82, 2.24) is 0 Å². The van der Waals surface area contributed by atoms with Gasteiger partial charge in [-0.3, -0.25) is 4.79 Å². The van der Waals surface area contributed by atoms with Crippen molar-refractivity contribution >= 4 is 6.29 Å². The molecule has 1 nitrogen and oxygen atoms in total. The molecule has 0 heterocycles. The smallest absolute Gasteiger partial charge is 0.150 e. The highest BCUT2D eigenvalue weighted by Gasteiger charge is 2.07. The van der Waals surface area contributed by atoms with Gasteiger partial charge in [0, 0.05) is 5.57 Å². The minimum Gasteiger partial charge on any atom is -0.298 e. The van der Waals surface area contributed by atoms with E-state index in [1.54, 1.807) is 6.08 Å². The van der Waals surface area contributed by atoms with Crippen LogP contribution in [0.3, 0.4) is 0 Å². The lowest BCUT2D eigenvalue weighted by Crippen LogP contribution is -2.01. The summed E-state index contributed by atoms with van der Waals surface area (Å²) >= 11 is 0. The van der Waals surface area contributed by atoms with Crippen LogP contribution in [0.25, 0.3) is 0 Å². The molecule has 2 atom stereocenters. The second-order valence-corrected chi connectivity index (χ2v) is 4.53. The van der Waals surface area contributed by atoms with Crippen LogP contribution >= 0.6 is 0 Å². The van der Waals surface area contributed by atoms with E-state index in [2.05, 4.69) is 33.9 Å². The lowest BCUT2D eigenvalue weighted by Gasteiger charge is -2.14. The minimum absolute atomic E-state index is 0.434. The van der Waals surface area contributed by atoms with Gasteiger partial charge in [-0.2, -0.15) is 0 Å². The number of carbonyl (C=O) groups is 1. The molecule has 0 aromatic rings. The van der Waals surface area contributed by atoms with Gasteiger partial charge in [-0.1, -0.05) is 58.4 Å². The number of hydrogen-bond acceptors (Lipinski definition) is 1. The SMILES string of the molecule is C=C/C(C=O)=C\C(=C)C(C)CCC(C)CC. The highest BCUT2D eigenvalue weighted by atomic mass is 16.1. The van der Waals surface area contributed by atoms with Gasteiger partial charge in [0.15, 0.2) is 0 Å². The van der Waals surface area contributed by atoms with Crippen molar-refractivity contribution < 1.29 is 4.79 Å². The molecule has 0 aliphatic rings. The molecule has 0 bridgehead atoms. The zero-order chi connectivity index (χ0) is 12.6. The molecule has 0 aliphatic heterocycles. The molecular formula is C15H24O. The first-order valence-electron chi connectivity index (χ1n) is 6.03. The molecule has 0 amide bonds. The second kappa shape index (κ2) is 8.09. The average molecular weight is 220 g/mol. The molecular weight excluding hydrogens is 196 g/mol. The molecule has 0 saturated carbocycles. The van der Waals surface area contributed by atoms with Crippen molar-refractivity contribution in [3.63, 3.8) is 0 Å². The Balaban J connectivity index is 4.23. The summed E-state index contributed by atoms with van der Waals surface area (Å²) in [4.78, 5) is 10.6. The molecule has 0 saturated heterocycles. The third-order valence-electron chi connectivity index (χ3n) is 3.15. The molecule has 90 valence electrons. The zero-order valence-electron chi connectivity index (χ0n) is 10.8. The van der Waals surface area contributed by atoms with E-state index in [4.69, 9.17) is 0 Å². The molecule has 0 spiro atoms. The molecule has 1 heteroatoms. The van der Waals surface area contributed by atoms with E-state index in [0.29, 0.717) is 11.5 Å². The summed E-state index contributed by atoms with van der Waals surface area (Å²) < 4.78 is 0. The lowest BCUT2D eigenvalue weighted by molar-refractivity contribution is -0.104. The van der Waals surface area contributed by atoms with Gasteiger partial charge >= 0.3 is 0 Å². The molecule has 0 aliphatic carbocycles. The summed E-state index contributed by atoms with van der Waals surface area (Å²) in [5.41, 5.74) is 1.63. The Morgan fingerprint density at radius 2 is 1.94 bits per heavy atom. The quantitative estimate of drug-likeness (QED) is 0.338. The number of allylic oxidation sites excluding steroid dienone is 4. The van der Waals surface area contributed by atoms with Gasteiger partial charge in [0.25, 0.3) is 0 Å². The Morgan fingerprint density at radius 1 is 1.31 bits per heavy atom. The van der Waals surface area contributed by atoms with Gasteiger partial charge in [-0.15, -0.1) is 0 Å². The largest absolute Gasteiger partial charge is 0.298 e. The molecule has 0 N–H and O–H groups in total. The first kappa shape index (κ1) is 14.9. The van der Waals surface area contributed by atoms with Crippen molar-refractivity contribution in [2.75, 3.05) is 0 Å². The van der Waals surface area contributed by atoms with Crippen molar-refractivity contribution in [2.45, 2.75) is 40.0 Å². The highest BCUT2D eigenvalue weighted by molar-refractivity contribution is 5.78. The average Bonchev–Trinajstić information content (AvgIpc) is 2.31. The second-order valence-electron chi connectivity index (χ2n) is 4.53. The zero-order valence-corrected chi connectivity index (χ0v) is 10.8. The van der Waals surface area contributed by atoms with Gasteiger partial charge in [0.05, 0.1) is 0 Å². The lowest BCUT2D eigenvalue weighted by atomic mass is 9.91. The predicted molar refractivity (Wildman–Crippen MR) is 71.3 cm³/mol. The van der Waals surface area contributed by atoms with Gasteiger partial charge in [0.1, 0.15) is 6.29 Å². The van der Waals surface area contributed by atoms with E-state index in [-0.39, 0.29) is 0 Å². The monoisotopic (exact) mass is 220 g/mol. The van der Waals surface area contributed by atoms with Crippen LogP contribution in [0.15, 0.2) is 36.5 Å². The Kier molecular flexibility index (Phi) is 7.53. The van der Waals surface area contributed by atoms with E-state index in [0.717, 1.165) is 24.2 Å². The fourth-order valence-electron chi connectivity index (χ4n) is 1.42. The van der Waals surface area contributed by atoms with Gasteiger partial charge in [-0.25, -0.2) is 0 Å². The van der Waals surface area contributed by atoms with Crippen LogP contribution < -0.4 is 0 Å². The van der Waals surface area contributed by atoms with Crippen LogP contribution in [0.2, 0.25) is 0 Å². The molecule has 0 aromatic heterocycles. The fourth-order valence-corrected chi connectivity index (χ4v) is 1.42. The van der Waals surface area contributed by atoms with Crippen LogP contribution in [0.1, 0.15) is 40.0 Å². The first-order valence-corrected chi connectivity index (χ1v) is 6.03. The summed E-state index contributed by atoms with van der Waals surface area (Å²) in [6, 6.07) is 0. The maximum absolute atomic E-state index is 10.6. The van der Waals surface area contributed by atoms with Crippen LogP contribution in [-0.2, 0) is 4.79 Å². The topological polar surface area (TPSA) is 17.1 Å². The fraction of sp³-hybridized carbons (Fsp3) is 0.533. The molecule has 16 heavy (non-hydrogen) atoms. The molecule has 0 rings (SSSR count). The van der Waals surface area contributed by atoms with E-state index in [1.165, 1.54) is 12.8 Å². The van der Waals surface area contributed by atoms with Crippen molar-refractivity contribution in [3.05, 3.63) is 36.5 Å². The minimum atomic E-state index is 0.434. The van der Waals surface area contributed by atoms with Crippen molar-refractivity contribution in [2.24, 2.45) is 11.8 Å². The Bertz CT molecular complexity index is 263. The van der Waals surface area contributed by atoms with Crippen molar-refractivity contribution in [3.8, 4) is 0 Å². The Hall–Kier alpha value is -1.11. The number of aldehydes is 1. The van der Waals surface area contributed by atoms with E-state index < -0.39 is 0 Å². The number of rotatable bonds is 8. The molecule has 0 fully saturated rings. The van der Waals surface area contributed by atoms with Crippen molar-refractivity contribution in [1.29, 1.82) is 0 Å². The number of carbonyl (C=O) groups excluding carboxylic acids is 1. The summed E-state index contributed by atoms with van der Waals surface area (Å²) in [5.74, 6) is 1.20. The van der Waals surface area contributed by atoms with Crippen LogP contribution in [0, 0.1) is 11.8 Å². The summed E-state index contributed by atoms with van der Waals surface area (Å²) in [7, 11) is 0. The Labute approximate surface area is 99.9 Å². The third kappa shape index (κ3) is 5.69. The standard InChI is InChI=1S/C15H24O/c1-6-12(3)8-9-13(4)14(5)10-15(7-2)11-16/h7,10-13H,2,5-6,8-9H2,1,3-4H3/b15-10+. The number of hydrogen-bond donors (Lipinski definition) is 0. The summed E-state index contributed by atoms with van der Waals surface area (Å²) in [6.07, 6.45) is 7.80. The summed E-state index contributed by atoms with van der Waals surface area (Å²) in [5, 5.41) is 0. The first-order chi connectivity index (χ1) is 7.54. The molecule has 0 aromatic carbocycles. The van der Waals surface area contributed by atoms with E-state index >= 15 is 0 Å². The van der Waals surface area contributed by atoms with Crippen LogP contribution in [-0.4, -0.2) is 6.29 Å². The maximum Gasteiger partial charge on any atom is 0.150 e. The van der Waals surface area contributed by atoms with E-state index in [9.17, 15) is 4.79 Å². The van der Waals surface area contributed by atoms with Crippen LogP contribution in [0.4, 0.5) is 0 Å². The van der Waals surface area contributed by atoms with Gasteiger partial charge < -0.3 is 0 Å². The molecule has 0 radical (unpaired) electrons. The predicted octanol–water partition coefficient (Wildman–Crippen LogP) is 4.32. The summed E-state index contributed by atoms with van der Waals surface area (Å²) in [6.45, 7) is 14.2. The third-order valence-corrected chi connectivity index (χ3v) is 3.15. The van der Waals surface area contributed by atoms with Crippen LogP contribution in [0.5, 0.6) is 0 Å². The van der Waals surface area contributed by atoms with E-state index in [1.807, 2.05) is 6.08 Å². The maximum atomic E-state index is 10.6. The highest BCUT2D eigenvalue weighted by Crippen LogP contribution is 2.21. The van der Waals surface area contributed by atoms with Gasteiger partial charge in [0.2, 0.25) is 0 Å². The van der Waals surface area contributed by atoms with Gasteiger partial charge in [-0.05, 0) is 24.3 Å². The Morgan fingerprint density at radius 3 is 2.38 bits per heavy atom. The normalized spacial score (nSPS) is 15.3. The molecule has 2 unspecified atom stereocenters.